The first-order valence-electron chi connectivity index (χ1n) is 8.16. The minimum atomic E-state index is -8.70. The van der Waals surface area contributed by atoms with E-state index in [0.29, 0.717) is 0 Å². The van der Waals surface area contributed by atoms with E-state index in [-0.39, 0.29) is 24.3 Å². The molecule has 22 heteroatoms. The van der Waals surface area contributed by atoms with Crippen LogP contribution in [0.5, 0.6) is 5.75 Å². The number of hydrogen-bond donors (Lipinski definition) is 1. The highest BCUT2D eigenvalue weighted by Crippen LogP contribution is 2.63. The molecule has 0 unspecified atom stereocenters. The summed E-state index contributed by atoms with van der Waals surface area (Å²) in [6.07, 6.45) is -7.83. The summed E-state index contributed by atoms with van der Waals surface area (Å²) in [6, 6.07) is -2.82. The second kappa shape index (κ2) is 9.05. The van der Waals surface area contributed by atoms with Crippen LogP contribution in [-0.4, -0.2) is 54.7 Å². The predicted octanol–water partition coefficient (Wildman–Crippen LogP) is 6.79. The van der Waals surface area contributed by atoms with Crippen molar-refractivity contribution in [2.24, 2.45) is 0 Å². The fourth-order valence-electron chi connectivity index (χ4n) is 2.06. The van der Waals surface area contributed by atoms with Gasteiger partial charge in [-0.15, -0.1) is 0 Å². The minimum absolute atomic E-state index is 0.175. The minimum Gasteiger partial charge on any atom is -0.430 e. The largest absolute Gasteiger partial charge is 0.460 e. The lowest BCUT2D eigenvalue weighted by Crippen LogP contribution is -2.72. The molecule has 0 radical (unpaired) electrons. The van der Waals surface area contributed by atoms with E-state index < -0.39 is 74.3 Å². The fraction of sp³-hybridized carbons (Fsp3) is 0.467. The van der Waals surface area contributed by atoms with Crippen LogP contribution < -0.4 is 4.74 Å². The molecule has 0 bridgehead atoms. The molecular formula is C15H5F17O4S. The SMILES string of the molecule is O=S(=O)(O)c1ccc(O/C(F)=C(\F)C(F)(F)C(F)(F)C(F)(F)C(F)(F)C(F)(F)C(F)(F)C(F)(F)F)cc1. The molecule has 1 N–H and O–H groups in total. The highest BCUT2D eigenvalue weighted by Gasteiger charge is 2.93. The molecule has 0 amide bonds. The van der Waals surface area contributed by atoms with Crippen molar-refractivity contribution in [3.05, 3.63) is 36.1 Å². The first-order valence-corrected chi connectivity index (χ1v) is 9.60. The Morgan fingerprint density at radius 1 is 0.622 bits per heavy atom. The monoisotopic (exact) mass is 604 g/mol. The second-order valence-corrected chi connectivity index (χ2v) is 8.00. The number of hydrogen-bond acceptors (Lipinski definition) is 3. The molecule has 1 aromatic carbocycles. The molecule has 0 aliphatic rings. The Morgan fingerprint density at radius 3 is 1.32 bits per heavy atom. The topological polar surface area (TPSA) is 63.6 Å². The van der Waals surface area contributed by atoms with Gasteiger partial charge in [-0.2, -0.15) is 83.1 Å². The standard InChI is InChI=1S/C15H5F17O4S/c16-7(8(17)36-5-1-3-6(4-2-5)37(33,34)35)9(18,19)10(20,21)11(22,23)12(24,25)13(26,27)14(28,29)15(30,31)32/h1-4H,(H,33,34,35)/b8-7-. The van der Waals surface area contributed by atoms with Gasteiger partial charge in [-0.25, -0.2) is 0 Å². The van der Waals surface area contributed by atoms with Crippen molar-refractivity contribution in [2.75, 3.05) is 0 Å². The maximum atomic E-state index is 13.6. The first kappa shape index (κ1) is 32.5. The summed E-state index contributed by atoms with van der Waals surface area (Å²) in [4.78, 5) is -1.03. The third-order valence-electron chi connectivity index (χ3n) is 4.11. The average Bonchev–Trinajstić information content (AvgIpc) is 2.71. The summed E-state index contributed by atoms with van der Waals surface area (Å²) < 4.78 is 257. The van der Waals surface area contributed by atoms with Crippen LogP contribution in [0.25, 0.3) is 0 Å². The van der Waals surface area contributed by atoms with Gasteiger partial charge in [-0.3, -0.25) is 4.55 Å². The Bertz CT molecular complexity index is 1140. The fourth-order valence-corrected chi connectivity index (χ4v) is 2.54. The summed E-state index contributed by atoms with van der Waals surface area (Å²) in [5.74, 6) is -56.1. The van der Waals surface area contributed by atoms with E-state index in [9.17, 15) is 83.1 Å². The Hall–Kier alpha value is -2.52. The Morgan fingerprint density at radius 2 is 0.973 bits per heavy atom. The molecule has 0 spiro atoms. The van der Waals surface area contributed by atoms with Crippen molar-refractivity contribution in [1.82, 2.24) is 0 Å². The molecule has 0 fully saturated rings. The molecule has 0 saturated carbocycles. The van der Waals surface area contributed by atoms with Crippen LogP contribution in [0, 0.1) is 0 Å². The molecule has 0 atom stereocenters. The zero-order chi connectivity index (χ0) is 29.8. The van der Waals surface area contributed by atoms with E-state index in [1.54, 1.807) is 0 Å². The number of rotatable bonds is 9. The lowest BCUT2D eigenvalue weighted by molar-refractivity contribution is -0.451. The van der Waals surface area contributed by atoms with E-state index >= 15 is 0 Å². The van der Waals surface area contributed by atoms with Crippen LogP contribution in [0.2, 0.25) is 0 Å². The van der Waals surface area contributed by atoms with Gasteiger partial charge in [-0.05, 0) is 24.3 Å². The highest BCUT2D eigenvalue weighted by atomic mass is 32.2. The third-order valence-corrected chi connectivity index (χ3v) is 4.97. The predicted molar refractivity (Wildman–Crippen MR) is 81.9 cm³/mol. The summed E-state index contributed by atoms with van der Waals surface area (Å²) in [5, 5.41) is 0. The molecule has 1 aromatic rings. The zero-order valence-corrected chi connectivity index (χ0v) is 17.1. The van der Waals surface area contributed by atoms with E-state index in [1.807, 2.05) is 0 Å². The second-order valence-electron chi connectivity index (χ2n) is 6.58. The quantitative estimate of drug-likeness (QED) is 0.192. The highest BCUT2D eigenvalue weighted by molar-refractivity contribution is 7.85. The Kier molecular flexibility index (Phi) is 7.95. The lowest BCUT2D eigenvalue weighted by Gasteiger charge is -2.41. The lowest BCUT2D eigenvalue weighted by atomic mass is 9.91. The Balaban J connectivity index is 3.56. The Labute approximate surface area is 192 Å². The molecular weight excluding hydrogens is 599 g/mol. The summed E-state index contributed by atoms with van der Waals surface area (Å²) in [5.41, 5.74) is 0. The molecule has 214 valence electrons. The van der Waals surface area contributed by atoms with Crippen molar-refractivity contribution >= 4 is 10.1 Å². The van der Waals surface area contributed by atoms with Gasteiger partial charge in [0.2, 0.25) is 5.83 Å². The van der Waals surface area contributed by atoms with Crippen molar-refractivity contribution in [2.45, 2.75) is 46.6 Å². The summed E-state index contributed by atoms with van der Waals surface area (Å²) in [7, 11) is -4.96. The van der Waals surface area contributed by atoms with Crippen LogP contribution >= 0.6 is 0 Å². The summed E-state index contributed by atoms with van der Waals surface area (Å²) >= 11 is 0. The van der Waals surface area contributed by atoms with Gasteiger partial charge in [0.15, 0.2) is 0 Å². The van der Waals surface area contributed by atoms with Crippen LogP contribution in [0.1, 0.15) is 0 Å². The van der Waals surface area contributed by atoms with Crippen LogP contribution in [-0.2, 0) is 10.1 Å². The smallest absolute Gasteiger partial charge is 0.430 e. The van der Waals surface area contributed by atoms with Gasteiger partial charge in [-0.1, -0.05) is 0 Å². The van der Waals surface area contributed by atoms with Crippen molar-refractivity contribution in [3.8, 4) is 5.75 Å². The maximum Gasteiger partial charge on any atom is 0.460 e. The van der Waals surface area contributed by atoms with Crippen LogP contribution in [0.4, 0.5) is 74.6 Å². The van der Waals surface area contributed by atoms with Gasteiger partial charge >= 0.3 is 47.7 Å². The number of benzene rings is 1. The number of ether oxygens (including phenoxy) is 1. The maximum absolute atomic E-state index is 13.6. The molecule has 0 aliphatic heterocycles. The van der Waals surface area contributed by atoms with Crippen molar-refractivity contribution < 1.29 is 92.3 Å². The molecule has 0 heterocycles. The van der Waals surface area contributed by atoms with Crippen molar-refractivity contribution in [1.29, 1.82) is 0 Å². The third kappa shape index (κ3) is 5.00. The summed E-state index contributed by atoms with van der Waals surface area (Å²) in [6.45, 7) is 0. The van der Waals surface area contributed by atoms with Gasteiger partial charge in [0.25, 0.3) is 10.1 Å². The number of halogens is 17. The van der Waals surface area contributed by atoms with E-state index in [2.05, 4.69) is 4.74 Å². The molecule has 4 nitrogen and oxygen atoms in total. The molecule has 1 rings (SSSR count). The van der Waals surface area contributed by atoms with E-state index in [4.69, 9.17) is 4.55 Å². The van der Waals surface area contributed by atoms with E-state index in [1.165, 1.54) is 0 Å². The van der Waals surface area contributed by atoms with Gasteiger partial charge in [0.1, 0.15) is 5.75 Å². The van der Waals surface area contributed by atoms with Crippen LogP contribution in [0.15, 0.2) is 41.0 Å². The number of alkyl halides is 15. The van der Waals surface area contributed by atoms with Gasteiger partial charge in [0, 0.05) is 0 Å². The van der Waals surface area contributed by atoms with Crippen molar-refractivity contribution in [3.63, 3.8) is 0 Å². The van der Waals surface area contributed by atoms with E-state index in [0.717, 1.165) is 0 Å². The van der Waals surface area contributed by atoms with Gasteiger partial charge < -0.3 is 4.74 Å². The molecule has 37 heavy (non-hydrogen) atoms. The molecule has 0 aromatic heterocycles. The normalized spacial score (nSPS) is 15.9. The first-order chi connectivity index (χ1) is 16.0. The molecule has 0 aliphatic carbocycles. The number of allylic oxidation sites excluding steroid dienone is 1. The van der Waals surface area contributed by atoms with Crippen LogP contribution in [0.3, 0.4) is 0 Å². The zero-order valence-electron chi connectivity index (χ0n) is 16.3. The average molecular weight is 604 g/mol. The molecule has 0 saturated heterocycles. The van der Waals surface area contributed by atoms with Gasteiger partial charge in [0.05, 0.1) is 4.90 Å².